The minimum Gasteiger partial charge on any atom is -0.363 e. The van der Waals surface area contributed by atoms with Crippen molar-refractivity contribution in [3.8, 4) is 0 Å². The fraction of sp³-hybridized carbons (Fsp3) is 0. The van der Waals surface area contributed by atoms with Gasteiger partial charge in [0.2, 0.25) is 0 Å². The predicted octanol–water partition coefficient (Wildman–Crippen LogP) is 0.351. The number of rotatable bonds is 0. The molecule has 5 nitrogen and oxygen atoms in total. The molecule has 2 aliphatic rings. The number of hydrogen-bond acceptors (Lipinski definition) is 4. The van der Waals surface area contributed by atoms with Crippen molar-refractivity contribution in [2.45, 2.75) is 0 Å². The highest BCUT2D eigenvalue weighted by Gasteiger charge is 2.37. The Labute approximate surface area is 77.1 Å². The number of nitrogens with two attached hydrogens (primary N) is 1. The third-order valence-corrected chi connectivity index (χ3v) is 2.37. The number of fused-ring (bicyclic) bond motifs is 1. The van der Waals surface area contributed by atoms with Crippen LogP contribution in [0.4, 0.5) is 0 Å². The molecular formula is C5H5IN5+. The second-order valence-corrected chi connectivity index (χ2v) is 3.58. The number of quaternary nitrogens is 1. The van der Waals surface area contributed by atoms with Gasteiger partial charge in [0, 0.05) is 0 Å². The van der Waals surface area contributed by atoms with Crippen LogP contribution in [0.1, 0.15) is 0 Å². The smallest absolute Gasteiger partial charge is 0.294 e. The summed E-state index contributed by atoms with van der Waals surface area (Å²) in [5.74, 6) is 1.04. The zero-order chi connectivity index (χ0) is 7.90. The predicted molar refractivity (Wildman–Crippen MR) is 51.0 cm³/mol. The number of nitrogens with zero attached hydrogens (tertiary/aromatic N) is 4. The third-order valence-electron chi connectivity index (χ3n) is 1.34. The fourth-order valence-corrected chi connectivity index (χ4v) is 1.46. The van der Waals surface area contributed by atoms with Crippen molar-refractivity contribution < 1.29 is 2.81 Å². The summed E-state index contributed by atoms with van der Waals surface area (Å²) in [5, 5.41) is 4.08. The van der Waals surface area contributed by atoms with Gasteiger partial charge in [-0.15, -0.1) is 0 Å². The summed E-state index contributed by atoms with van der Waals surface area (Å²) in [6, 6.07) is 0. The normalized spacial score (nSPS) is 33.2. The van der Waals surface area contributed by atoms with Gasteiger partial charge in [-0.1, -0.05) is 2.81 Å². The van der Waals surface area contributed by atoms with Crippen LogP contribution in [0, 0.1) is 0 Å². The lowest BCUT2D eigenvalue weighted by atomic mass is 10.5. The lowest BCUT2D eigenvalue weighted by molar-refractivity contribution is -0.590. The van der Waals surface area contributed by atoms with Crippen LogP contribution in [0.3, 0.4) is 0 Å². The first-order chi connectivity index (χ1) is 5.21. The van der Waals surface area contributed by atoms with Crippen molar-refractivity contribution in [2.75, 3.05) is 0 Å². The molecule has 0 aromatic rings. The van der Waals surface area contributed by atoms with Crippen molar-refractivity contribution in [3.05, 3.63) is 12.4 Å². The molecule has 0 aromatic carbocycles. The molecule has 0 saturated carbocycles. The van der Waals surface area contributed by atoms with Crippen LogP contribution in [-0.2, 0) is 0 Å². The van der Waals surface area contributed by atoms with Gasteiger partial charge in [0.1, 0.15) is 6.21 Å². The van der Waals surface area contributed by atoms with Gasteiger partial charge >= 0.3 is 0 Å². The van der Waals surface area contributed by atoms with Gasteiger partial charge in [0.05, 0.1) is 6.20 Å². The van der Waals surface area contributed by atoms with Crippen LogP contribution in [0.15, 0.2) is 27.5 Å². The molecule has 2 aliphatic heterocycles. The SMILES string of the molecule is NC1=N[N+]2(I)C=CN=CC2=N1. The first kappa shape index (κ1) is 6.92. The Morgan fingerprint density at radius 1 is 1.55 bits per heavy atom. The van der Waals surface area contributed by atoms with Crippen molar-refractivity contribution in [1.82, 2.24) is 0 Å². The molecule has 0 amide bonds. The summed E-state index contributed by atoms with van der Waals surface area (Å²) in [5.41, 5.74) is 5.43. The standard InChI is InChI=1S/C5H5IN5/c6-11-2-1-8-3-4(11)9-5(7)10-11/h1-3H,(H2,7,10)/q+1. The molecule has 0 radical (unpaired) electrons. The topological polar surface area (TPSA) is 63.1 Å². The Hall–Kier alpha value is -0.760. The van der Waals surface area contributed by atoms with E-state index in [1.165, 1.54) is 0 Å². The molecule has 0 spiro atoms. The van der Waals surface area contributed by atoms with E-state index >= 15 is 0 Å². The highest BCUT2D eigenvalue weighted by atomic mass is 127. The zero-order valence-electron chi connectivity index (χ0n) is 5.48. The molecule has 0 fully saturated rings. The molecule has 0 aromatic heterocycles. The van der Waals surface area contributed by atoms with E-state index in [9.17, 15) is 0 Å². The Kier molecular flexibility index (Phi) is 1.33. The van der Waals surface area contributed by atoms with Crippen molar-refractivity contribution >= 4 is 40.9 Å². The number of amidine groups is 1. The quantitative estimate of drug-likeness (QED) is 0.497. The van der Waals surface area contributed by atoms with Crippen LogP contribution >= 0.6 is 22.9 Å². The van der Waals surface area contributed by atoms with Crippen LogP contribution in [0.5, 0.6) is 0 Å². The Morgan fingerprint density at radius 2 is 2.36 bits per heavy atom. The number of aliphatic imine (C=N–C) groups is 2. The molecule has 2 N–H and O–H groups in total. The highest BCUT2D eigenvalue weighted by molar-refractivity contribution is 14.1. The van der Waals surface area contributed by atoms with Gasteiger partial charge in [-0.2, -0.15) is 4.99 Å². The first-order valence-electron chi connectivity index (χ1n) is 2.95. The van der Waals surface area contributed by atoms with Gasteiger partial charge < -0.3 is 5.73 Å². The van der Waals surface area contributed by atoms with Crippen molar-refractivity contribution in [2.24, 2.45) is 20.8 Å². The average Bonchev–Trinajstić information content (AvgIpc) is 2.22. The summed E-state index contributed by atoms with van der Waals surface area (Å²) in [4.78, 5) is 7.90. The molecular weight excluding hydrogens is 257 g/mol. The third kappa shape index (κ3) is 0.979. The zero-order valence-corrected chi connectivity index (χ0v) is 7.63. The minimum absolute atomic E-state index is 0.257. The monoisotopic (exact) mass is 262 g/mol. The van der Waals surface area contributed by atoms with Crippen LogP contribution < -0.4 is 5.73 Å². The van der Waals surface area contributed by atoms with Crippen LogP contribution in [0.2, 0.25) is 0 Å². The minimum atomic E-state index is 0.257. The highest BCUT2D eigenvalue weighted by Crippen LogP contribution is 2.25. The maximum Gasteiger partial charge on any atom is 0.294 e. The van der Waals surface area contributed by atoms with E-state index in [1.54, 1.807) is 18.6 Å². The van der Waals surface area contributed by atoms with E-state index in [2.05, 4.69) is 38.0 Å². The van der Waals surface area contributed by atoms with E-state index in [0.717, 1.165) is 5.84 Å². The summed E-state index contributed by atoms with van der Waals surface area (Å²) >= 11 is 2.12. The van der Waals surface area contributed by atoms with E-state index in [0.29, 0.717) is 5.96 Å². The van der Waals surface area contributed by atoms with Crippen molar-refractivity contribution in [3.63, 3.8) is 0 Å². The van der Waals surface area contributed by atoms with Gasteiger partial charge in [0.15, 0.2) is 6.20 Å². The molecule has 2 rings (SSSR count). The number of guanidine groups is 1. The molecule has 1 atom stereocenters. The van der Waals surface area contributed by atoms with Crippen LogP contribution in [-0.4, -0.2) is 20.8 Å². The van der Waals surface area contributed by atoms with E-state index in [1.807, 2.05) is 0 Å². The second kappa shape index (κ2) is 2.11. The van der Waals surface area contributed by atoms with E-state index in [4.69, 9.17) is 5.73 Å². The van der Waals surface area contributed by atoms with Gasteiger partial charge in [0.25, 0.3) is 34.7 Å². The first-order valence-corrected chi connectivity index (χ1v) is 3.91. The van der Waals surface area contributed by atoms with Gasteiger partial charge in [-0.3, -0.25) is 4.99 Å². The van der Waals surface area contributed by atoms with Gasteiger partial charge in [-0.25, -0.2) is 0 Å². The lowest BCUT2D eigenvalue weighted by Gasteiger charge is -2.13. The van der Waals surface area contributed by atoms with E-state index < -0.39 is 0 Å². The summed E-state index contributed by atoms with van der Waals surface area (Å²) < 4.78 is 0.257. The van der Waals surface area contributed by atoms with Crippen molar-refractivity contribution in [1.29, 1.82) is 0 Å². The van der Waals surface area contributed by atoms with Crippen LogP contribution in [0.25, 0.3) is 0 Å². The Balaban J connectivity index is 2.52. The number of halogens is 1. The molecule has 0 bridgehead atoms. The second-order valence-electron chi connectivity index (χ2n) is 2.11. The van der Waals surface area contributed by atoms with E-state index in [-0.39, 0.29) is 2.81 Å². The van der Waals surface area contributed by atoms with Gasteiger partial charge in [-0.05, 0) is 5.10 Å². The molecule has 11 heavy (non-hydrogen) atoms. The molecule has 6 heteroatoms. The molecule has 0 saturated heterocycles. The Bertz CT molecular complexity index is 315. The summed E-state index contributed by atoms with van der Waals surface area (Å²) in [6.07, 6.45) is 5.13. The Morgan fingerprint density at radius 3 is 3.09 bits per heavy atom. The average molecular weight is 262 g/mol. The maximum atomic E-state index is 5.43. The molecule has 1 unspecified atom stereocenters. The maximum absolute atomic E-state index is 5.43. The molecule has 2 heterocycles. The largest absolute Gasteiger partial charge is 0.363 e. The molecule has 0 aliphatic carbocycles. The summed E-state index contributed by atoms with van der Waals surface area (Å²) in [6.45, 7) is 0. The lowest BCUT2D eigenvalue weighted by Crippen LogP contribution is -2.32. The molecule has 56 valence electrons. The fourth-order valence-electron chi connectivity index (χ4n) is 0.866. The number of hydrogen-bond donors (Lipinski definition) is 1. The summed E-state index contributed by atoms with van der Waals surface area (Å²) in [7, 11) is 0.